The first-order valence-corrected chi connectivity index (χ1v) is 7.33. The molecule has 0 amide bonds. The maximum absolute atomic E-state index is 13.7. The first kappa shape index (κ1) is 12.4. The number of benzene rings is 1. The Hall–Kier alpha value is -0.610. The molecule has 1 aromatic carbocycles. The van der Waals surface area contributed by atoms with E-state index in [2.05, 4.69) is 32.4 Å². The molecule has 18 heavy (non-hydrogen) atoms. The van der Waals surface area contributed by atoms with Gasteiger partial charge in [0.1, 0.15) is 11.6 Å². The van der Waals surface area contributed by atoms with E-state index < -0.39 is 0 Å². The zero-order valence-corrected chi connectivity index (χ0v) is 12.3. The van der Waals surface area contributed by atoms with Crippen LogP contribution in [0.3, 0.4) is 0 Å². The maximum atomic E-state index is 13.7. The minimum Gasteiger partial charge on any atom is -0.327 e. The van der Waals surface area contributed by atoms with Crippen LogP contribution >= 0.6 is 27.5 Å². The van der Waals surface area contributed by atoms with Crippen molar-refractivity contribution < 1.29 is 4.39 Å². The lowest BCUT2D eigenvalue weighted by molar-refractivity contribution is 0.587. The number of hydrogen-bond acceptors (Lipinski definition) is 1. The molecule has 1 aliphatic carbocycles. The van der Waals surface area contributed by atoms with Crippen LogP contribution in [0.4, 0.5) is 4.39 Å². The van der Waals surface area contributed by atoms with Gasteiger partial charge in [0, 0.05) is 12.6 Å². The molecule has 0 radical (unpaired) electrons. The first-order valence-electron chi connectivity index (χ1n) is 6.00. The number of hydrogen-bond donors (Lipinski definition) is 0. The Balaban J connectivity index is 2.11. The molecule has 1 fully saturated rings. The second-order valence-electron chi connectivity index (χ2n) is 5.00. The van der Waals surface area contributed by atoms with Gasteiger partial charge in [-0.2, -0.15) is 0 Å². The zero-order chi connectivity index (χ0) is 12.9. The monoisotopic (exact) mass is 330 g/mol. The number of imidazole rings is 1. The van der Waals surface area contributed by atoms with Gasteiger partial charge in [-0.15, -0.1) is 11.6 Å². The lowest BCUT2D eigenvalue weighted by Gasteiger charge is -2.07. The molecule has 0 saturated heterocycles. The predicted octanol–water partition coefficient (Wildman–Crippen LogP) is 4.33. The van der Waals surface area contributed by atoms with Crippen molar-refractivity contribution in [1.82, 2.24) is 9.55 Å². The van der Waals surface area contributed by atoms with E-state index >= 15 is 0 Å². The molecule has 2 unspecified atom stereocenters. The number of rotatable bonds is 3. The molecule has 96 valence electrons. The average Bonchev–Trinajstić information content (AvgIpc) is 2.93. The number of halogens is 3. The molecule has 2 aromatic rings. The molecule has 1 aliphatic rings. The highest BCUT2D eigenvalue weighted by Gasteiger charge is 2.33. The Morgan fingerprint density at radius 2 is 2.28 bits per heavy atom. The molecule has 2 nitrogen and oxygen atoms in total. The molecule has 0 aliphatic heterocycles. The van der Waals surface area contributed by atoms with Gasteiger partial charge in [-0.05, 0) is 40.3 Å². The van der Waals surface area contributed by atoms with E-state index in [1.54, 1.807) is 6.07 Å². The Labute approximate surface area is 118 Å². The van der Waals surface area contributed by atoms with Crippen LogP contribution < -0.4 is 0 Å². The second-order valence-corrected chi connectivity index (χ2v) is 6.12. The van der Waals surface area contributed by atoms with Crippen molar-refractivity contribution in [2.24, 2.45) is 11.8 Å². The van der Waals surface area contributed by atoms with E-state index in [1.807, 2.05) is 0 Å². The third-order valence-electron chi connectivity index (χ3n) is 3.68. The van der Waals surface area contributed by atoms with E-state index in [-0.39, 0.29) is 5.82 Å². The predicted molar refractivity (Wildman–Crippen MR) is 74.2 cm³/mol. The van der Waals surface area contributed by atoms with Gasteiger partial charge < -0.3 is 4.57 Å². The number of aromatic nitrogens is 2. The molecule has 0 N–H and O–H groups in total. The lowest BCUT2D eigenvalue weighted by Crippen LogP contribution is -2.04. The van der Waals surface area contributed by atoms with Crippen LogP contribution in [0, 0.1) is 17.7 Å². The summed E-state index contributed by atoms with van der Waals surface area (Å²) >= 11 is 9.12. The van der Waals surface area contributed by atoms with Crippen molar-refractivity contribution in [3.05, 3.63) is 28.2 Å². The summed E-state index contributed by atoms with van der Waals surface area (Å²) in [6.07, 6.45) is 1.24. The fourth-order valence-electron chi connectivity index (χ4n) is 2.36. The smallest absolute Gasteiger partial charge is 0.139 e. The summed E-state index contributed by atoms with van der Waals surface area (Å²) in [5, 5.41) is 0. The van der Waals surface area contributed by atoms with Crippen molar-refractivity contribution in [2.75, 3.05) is 0 Å². The molecule has 1 saturated carbocycles. The van der Waals surface area contributed by atoms with Gasteiger partial charge in [0.05, 0.1) is 21.4 Å². The number of fused-ring (bicyclic) bond motifs is 1. The normalized spacial score (nSPS) is 22.7. The van der Waals surface area contributed by atoms with E-state index in [0.29, 0.717) is 16.3 Å². The summed E-state index contributed by atoms with van der Waals surface area (Å²) < 4.78 is 16.2. The molecular formula is C13H13BrClFN2. The molecule has 0 bridgehead atoms. The fourth-order valence-corrected chi connectivity index (χ4v) is 2.90. The largest absolute Gasteiger partial charge is 0.327 e. The Morgan fingerprint density at radius 1 is 1.56 bits per heavy atom. The van der Waals surface area contributed by atoms with Gasteiger partial charge in [-0.3, -0.25) is 0 Å². The SMILES string of the molecule is CC1CC1Cn1c(CCl)nc2cc(Br)c(F)cc21. The zero-order valence-electron chi connectivity index (χ0n) is 9.96. The van der Waals surface area contributed by atoms with Gasteiger partial charge in [-0.1, -0.05) is 6.92 Å². The van der Waals surface area contributed by atoms with Crippen LogP contribution in [0.2, 0.25) is 0 Å². The Morgan fingerprint density at radius 3 is 2.89 bits per heavy atom. The molecule has 1 aromatic heterocycles. The highest BCUT2D eigenvalue weighted by atomic mass is 79.9. The summed E-state index contributed by atoms with van der Waals surface area (Å²) in [6, 6.07) is 3.25. The van der Waals surface area contributed by atoms with Crippen molar-refractivity contribution in [3.8, 4) is 0 Å². The Bertz CT molecular complexity index is 611. The molecule has 5 heteroatoms. The molecule has 0 spiro atoms. The molecule has 3 rings (SSSR count). The van der Waals surface area contributed by atoms with Crippen molar-refractivity contribution in [3.63, 3.8) is 0 Å². The summed E-state index contributed by atoms with van der Waals surface area (Å²) in [5.41, 5.74) is 1.64. The van der Waals surface area contributed by atoms with E-state index in [0.717, 1.165) is 29.3 Å². The van der Waals surface area contributed by atoms with Crippen molar-refractivity contribution >= 4 is 38.6 Å². The van der Waals surface area contributed by atoms with Crippen LogP contribution in [0.5, 0.6) is 0 Å². The van der Waals surface area contributed by atoms with Crippen molar-refractivity contribution in [2.45, 2.75) is 25.8 Å². The highest BCUT2D eigenvalue weighted by Crippen LogP contribution is 2.40. The standard InChI is InChI=1S/C13H13BrClFN2/c1-7-2-8(7)6-18-12-4-10(16)9(14)3-11(12)17-13(18)5-15/h3-4,7-8H,2,5-6H2,1H3. The third-order valence-corrected chi connectivity index (χ3v) is 4.53. The molecule has 2 atom stereocenters. The second kappa shape index (κ2) is 4.49. The van der Waals surface area contributed by atoms with Crippen LogP contribution in [0.1, 0.15) is 19.2 Å². The minimum atomic E-state index is -0.256. The highest BCUT2D eigenvalue weighted by molar-refractivity contribution is 9.10. The molecular weight excluding hydrogens is 319 g/mol. The summed E-state index contributed by atoms with van der Waals surface area (Å²) in [7, 11) is 0. The Kier molecular flexibility index (Phi) is 3.10. The maximum Gasteiger partial charge on any atom is 0.139 e. The summed E-state index contributed by atoms with van der Waals surface area (Å²) in [6.45, 7) is 3.13. The van der Waals surface area contributed by atoms with E-state index in [4.69, 9.17) is 11.6 Å². The average molecular weight is 332 g/mol. The number of alkyl halides is 1. The van der Waals surface area contributed by atoms with Crippen LogP contribution in [0.25, 0.3) is 11.0 Å². The minimum absolute atomic E-state index is 0.256. The summed E-state index contributed by atoms with van der Waals surface area (Å²) in [5.74, 6) is 2.36. The summed E-state index contributed by atoms with van der Waals surface area (Å²) in [4.78, 5) is 4.47. The van der Waals surface area contributed by atoms with Crippen LogP contribution in [-0.2, 0) is 12.4 Å². The topological polar surface area (TPSA) is 17.8 Å². The lowest BCUT2D eigenvalue weighted by atomic mass is 10.3. The van der Waals surface area contributed by atoms with Gasteiger partial charge in [-0.25, -0.2) is 9.37 Å². The van der Waals surface area contributed by atoms with Crippen LogP contribution in [-0.4, -0.2) is 9.55 Å². The fraction of sp³-hybridized carbons (Fsp3) is 0.462. The van der Waals surface area contributed by atoms with E-state index in [9.17, 15) is 4.39 Å². The van der Waals surface area contributed by atoms with Gasteiger partial charge >= 0.3 is 0 Å². The quantitative estimate of drug-likeness (QED) is 0.765. The molecule has 1 heterocycles. The van der Waals surface area contributed by atoms with Crippen molar-refractivity contribution in [1.29, 1.82) is 0 Å². The van der Waals surface area contributed by atoms with Crippen LogP contribution in [0.15, 0.2) is 16.6 Å². The third kappa shape index (κ3) is 2.05. The number of nitrogens with zero attached hydrogens (tertiary/aromatic N) is 2. The first-order chi connectivity index (χ1) is 8.60. The van der Waals surface area contributed by atoms with Gasteiger partial charge in [0.15, 0.2) is 0 Å². The van der Waals surface area contributed by atoms with Gasteiger partial charge in [0.25, 0.3) is 0 Å². The van der Waals surface area contributed by atoms with E-state index in [1.165, 1.54) is 12.5 Å². The van der Waals surface area contributed by atoms with Gasteiger partial charge in [0.2, 0.25) is 0 Å².